The van der Waals surface area contributed by atoms with Gasteiger partial charge in [-0.15, -0.1) is 0 Å². The minimum Gasteiger partial charge on any atom is -0.483 e. The molecule has 0 aromatic rings. The van der Waals surface area contributed by atoms with Crippen LogP contribution in [0.2, 0.25) is 0 Å². The second-order valence-electron chi connectivity index (χ2n) is 9.85. The molecule has 21 N–H and O–H groups in total. The molecule has 8 atom stereocenters. The van der Waals surface area contributed by atoms with Crippen molar-refractivity contribution in [1.29, 1.82) is 0 Å². The number of carboxylic acids is 8. The van der Waals surface area contributed by atoms with E-state index in [-0.39, 0.29) is 19.0 Å². The zero-order valence-electron chi connectivity index (χ0n) is 31.0. The molecule has 32 heteroatoms. The molecule has 0 saturated carbocycles. The van der Waals surface area contributed by atoms with Gasteiger partial charge in [-0.2, -0.15) is 0 Å². The molecule has 0 aliphatic rings. The number of carbonyl (C=O) groups is 11. The van der Waals surface area contributed by atoms with Crippen LogP contribution >= 0.6 is 0 Å². The molecule has 354 valence electrons. The van der Waals surface area contributed by atoms with Crippen molar-refractivity contribution in [3.05, 3.63) is 0 Å². The number of aliphatic carboxylic acids is 8. The average molecular weight is 899 g/mol. The van der Waals surface area contributed by atoms with Crippen LogP contribution in [0.15, 0.2) is 0 Å². The lowest BCUT2D eigenvalue weighted by Crippen LogP contribution is -2.42. The highest BCUT2D eigenvalue weighted by atomic mass is 16.4. The number of rotatable bonds is 18. The number of hydrogen-bond donors (Lipinski definition) is 21. The lowest BCUT2D eigenvalue weighted by Gasteiger charge is -2.18. The number of aliphatic hydroxyl groups is 12. The number of carboxylic acid groups (broad SMARTS) is 9. The quantitative estimate of drug-likeness (QED) is 0.0568. The summed E-state index contributed by atoms with van der Waals surface area (Å²) in [5.74, 6) is -11.1. The second-order valence-corrected chi connectivity index (χ2v) is 9.85. The van der Waals surface area contributed by atoms with Gasteiger partial charge in [0, 0.05) is 6.92 Å². The lowest BCUT2D eigenvalue weighted by molar-refractivity contribution is -0.170. The van der Waals surface area contributed by atoms with E-state index in [2.05, 4.69) is 0 Å². The fraction of sp³-hybridized carbons (Fsp3) is 0.607. The Labute approximate surface area is 334 Å². The summed E-state index contributed by atoms with van der Waals surface area (Å²) < 4.78 is 0. The lowest BCUT2D eigenvalue weighted by atomic mass is 9.96. The van der Waals surface area contributed by atoms with Crippen LogP contribution in [0.5, 0.6) is 0 Å². The highest BCUT2D eigenvalue weighted by Crippen LogP contribution is 2.15. The largest absolute Gasteiger partial charge is 0.483 e. The van der Waals surface area contributed by atoms with Gasteiger partial charge in [0.15, 0.2) is 24.3 Å². The first-order valence-electron chi connectivity index (χ1n) is 14.9. The highest BCUT2D eigenvalue weighted by Gasteiger charge is 2.40. The molecule has 0 bridgehead atoms. The van der Waals surface area contributed by atoms with E-state index in [4.69, 9.17) is 122 Å². The SMILES string of the molecule is CC(=O)O.CC(O)C(=O)O.O=C(O)CC(O)(CC(=O)O)C(=O)O.O=C(O)CC(O)C(=O)O.O=C(O)CO.O=CC(O)C(O)C(O)CO.O=CC(O)C(O)C(O)CO.O=CO. The van der Waals surface area contributed by atoms with E-state index in [1.165, 1.54) is 6.92 Å². The molecule has 8 unspecified atom stereocenters. The first-order chi connectivity index (χ1) is 27.1. The summed E-state index contributed by atoms with van der Waals surface area (Å²) in [6.07, 6.45) is -15.3. The van der Waals surface area contributed by atoms with E-state index in [0.29, 0.717) is 0 Å². The molecule has 0 spiro atoms. The van der Waals surface area contributed by atoms with Crippen molar-refractivity contribution in [3.8, 4) is 0 Å². The summed E-state index contributed by atoms with van der Waals surface area (Å²) in [5.41, 5.74) is -2.74. The van der Waals surface area contributed by atoms with Crippen LogP contribution in [0, 0.1) is 0 Å². The van der Waals surface area contributed by atoms with Gasteiger partial charge in [-0.3, -0.25) is 24.0 Å². The maximum atomic E-state index is 10.3. The van der Waals surface area contributed by atoms with Crippen molar-refractivity contribution in [2.75, 3.05) is 19.8 Å². The van der Waals surface area contributed by atoms with E-state index in [9.17, 15) is 38.4 Å². The molecule has 0 aliphatic heterocycles. The number of aldehydes is 2. The Bertz CT molecular complexity index is 1190. The molecule has 0 aromatic heterocycles. The number of aliphatic hydroxyl groups excluding tert-OH is 11. The molecule has 0 aromatic carbocycles. The third-order valence-electron chi connectivity index (χ3n) is 4.57. The van der Waals surface area contributed by atoms with Gasteiger partial charge < -0.3 is 117 Å². The topological polar surface area (TPSA) is 613 Å². The summed E-state index contributed by atoms with van der Waals surface area (Å²) in [7, 11) is 0. The van der Waals surface area contributed by atoms with Crippen LogP contribution in [-0.2, 0) is 52.7 Å². The number of carbonyl (C=O) groups excluding carboxylic acids is 2. The maximum absolute atomic E-state index is 10.3. The van der Waals surface area contributed by atoms with Crippen LogP contribution in [0.25, 0.3) is 0 Å². The van der Waals surface area contributed by atoms with Crippen molar-refractivity contribution in [2.24, 2.45) is 0 Å². The predicted molar refractivity (Wildman–Crippen MR) is 181 cm³/mol. The Hall–Kier alpha value is -5.91. The van der Waals surface area contributed by atoms with Crippen LogP contribution in [0.3, 0.4) is 0 Å². The second kappa shape index (κ2) is 44.2. The minimum atomic E-state index is -2.74. The molecule has 0 aliphatic carbocycles. The number of hydrogen-bond acceptors (Lipinski definition) is 23. The smallest absolute Gasteiger partial charge is 0.336 e. The molecule has 0 rings (SSSR count). The molecule has 0 saturated heterocycles. The van der Waals surface area contributed by atoms with Crippen LogP contribution < -0.4 is 0 Å². The zero-order chi connectivity index (χ0) is 50.1. The van der Waals surface area contributed by atoms with Crippen LogP contribution in [0.1, 0.15) is 33.1 Å². The third-order valence-corrected chi connectivity index (χ3v) is 4.57. The molecule has 32 nitrogen and oxygen atoms in total. The van der Waals surface area contributed by atoms with Gasteiger partial charge >= 0.3 is 41.8 Å². The molecular weight excluding hydrogens is 848 g/mol. The fourth-order valence-electron chi connectivity index (χ4n) is 1.80. The summed E-state index contributed by atoms with van der Waals surface area (Å²) in [4.78, 5) is 105. The average Bonchev–Trinajstić information content (AvgIpc) is 3.13. The summed E-state index contributed by atoms with van der Waals surface area (Å²) in [6, 6.07) is 0. The van der Waals surface area contributed by atoms with Gasteiger partial charge in [-0.05, 0) is 6.92 Å². The van der Waals surface area contributed by atoms with Crippen molar-refractivity contribution >= 4 is 66.8 Å². The van der Waals surface area contributed by atoms with E-state index in [0.717, 1.165) is 6.92 Å². The Balaban J connectivity index is -0.0000000889. The zero-order valence-corrected chi connectivity index (χ0v) is 31.0. The van der Waals surface area contributed by atoms with Gasteiger partial charge in [0.2, 0.25) is 0 Å². The molecular formula is C28H50O32. The van der Waals surface area contributed by atoms with Crippen molar-refractivity contribution in [1.82, 2.24) is 0 Å². The predicted octanol–water partition coefficient (Wildman–Crippen LogP) is -9.51. The molecule has 60 heavy (non-hydrogen) atoms. The monoisotopic (exact) mass is 898 g/mol. The van der Waals surface area contributed by atoms with Gasteiger partial charge in [0.1, 0.15) is 49.3 Å². The van der Waals surface area contributed by atoms with E-state index in [1.54, 1.807) is 0 Å². The third kappa shape index (κ3) is 58.8. The minimum absolute atomic E-state index is 0.0869. The molecule has 0 radical (unpaired) electrons. The Morgan fingerprint density at radius 3 is 0.900 bits per heavy atom. The summed E-state index contributed by atoms with van der Waals surface area (Å²) >= 11 is 0. The van der Waals surface area contributed by atoms with E-state index < -0.39 is 141 Å². The van der Waals surface area contributed by atoms with Crippen molar-refractivity contribution < 1.29 is 160 Å². The van der Waals surface area contributed by atoms with Gasteiger partial charge in [-0.25, -0.2) is 19.2 Å². The van der Waals surface area contributed by atoms with E-state index in [1.807, 2.05) is 0 Å². The van der Waals surface area contributed by atoms with E-state index >= 15 is 0 Å². The first kappa shape index (κ1) is 71.8. The molecule has 0 amide bonds. The van der Waals surface area contributed by atoms with Gasteiger partial charge in [0.25, 0.3) is 12.4 Å². The Morgan fingerprint density at radius 1 is 0.550 bits per heavy atom. The standard InChI is InChI=1S/C6H8O7.2C5H10O5.C4H6O5.C3H6O3.C2H4O3.C2H4O2.CH2O2/c7-3(8)1-6(13,5(11)12)2-4(9)10;2*6-1-3(8)5(10)4(9)2-7;5-2(4(8)9)1-3(6)7;1-2(4)3(5)6;3-1-2(4)5;1-2(3)4;2-1-3/h13H,1-2H2,(H,7,8)(H,9,10)(H,11,12);2*1,3-5,7-10H,2H2;2,5H,1H2,(H,6,7)(H,8,9);2,4H,1H3,(H,5,6);3H,1H2,(H,4,5);1H3,(H,3,4);1H,(H,2,3). The van der Waals surface area contributed by atoms with Gasteiger partial charge in [0.05, 0.1) is 32.5 Å². The van der Waals surface area contributed by atoms with Crippen LogP contribution in [-0.4, -0.2) is 248 Å². The normalized spacial score (nSPS) is 13.4. The van der Waals surface area contributed by atoms with Gasteiger partial charge in [-0.1, -0.05) is 0 Å². The summed E-state index contributed by atoms with van der Waals surface area (Å²) in [5, 5.41) is 171. The molecule has 0 heterocycles. The molecule has 0 fully saturated rings. The maximum Gasteiger partial charge on any atom is 0.336 e. The van der Waals surface area contributed by atoms with Crippen molar-refractivity contribution in [2.45, 2.75) is 87.5 Å². The van der Waals surface area contributed by atoms with Crippen molar-refractivity contribution in [3.63, 3.8) is 0 Å². The Morgan fingerprint density at radius 2 is 0.800 bits per heavy atom. The Kier molecular flexibility index (Phi) is 52.9. The van der Waals surface area contributed by atoms with Crippen LogP contribution in [0.4, 0.5) is 0 Å². The summed E-state index contributed by atoms with van der Waals surface area (Å²) in [6.45, 7) is -0.125. The fourth-order valence-corrected chi connectivity index (χ4v) is 1.80. The highest BCUT2D eigenvalue weighted by molar-refractivity contribution is 5.88. The first-order valence-corrected chi connectivity index (χ1v) is 14.9.